The van der Waals surface area contributed by atoms with Gasteiger partial charge in [0.25, 0.3) is 0 Å². The molecule has 0 radical (unpaired) electrons. The van der Waals surface area contributed by atoms with Gasteiger partial charge in [-0.15, -0.1) is 0 Å². The zero-order valence-electron chi connectivity index (χ0n) is 2.47. The second kappa shape index (κ2) is 8.99. The van der Waals surface area contributed by atoms with E-state index < -0.39 is 5.09 Å². The molecule has 0 heterocycles. The summed E-state index contributed by atoms with van der Waals surface area (Å²) in [6.07, 6.45) is 0. The van der Waals surface area contributed by atoms with Crippen LogP contribution in [0.15, 0.2) is 0 Å². The van der Waals surface area contributed by atoms with Crippen LogP contribution in [0.5, 0.6) is 0 Å². The predicted molar refractivity (Wildman–Crippen MR) is 20.7 cm³/mol. The van der Waals surface area contributed by atoms with Crippen LogP contribution in [-0.4, -0.2) is 5.09 Å². The Bertz CT molecular complexity index is 33.8. The fraction of sp³-hybridized carbons (Fsp3) is 0. The largest absolute Gasteiger partial charge is 1.00 e. The van der Waals surface area contributed by atoms with Gasteiger partial charge in [0.1, 0.15) is 0 Å². The molecule has 42 valence electrons. The quantitative estimate of drug-likeness (QED) is 0.313. The Morgan fingerprint density at radius 2 is 1.33 bits per heavy atom. The zero-order chi connectivity index (χ0) is 3.58. The number of hydrogen-bond acceptors (Lipinski definition) is 3. The van der Waals surface area contributed by atoms with Crippen molar-refractivity contribution >= 4 is 13.5 Å². The fourth-order valence-electron chi connectivity index (χ4n) is 0. The van der Waals surface area contributed by atoms with Crippen LogP contribution in [0.2, 0.25) is 0 Å². The van der Waals surface area contributed by atoms with Crippen molar-refractivity contribution in [1.82, 2.24) is 0 Å². The van der Waals surface area contributed by atoms with Crippen molar-refractivity contribution in [3.05, 3.63) is 15.3 Å². The van der Waals surface area contributed by atoms with E-state index in [0.29, 0.717) is 0 Å². The molecule has 6 heavy (non-hydrogen) atoms. The average molecular weight is 204 g/mol. The molecule has 0 bridgehead atoms. The van der Waals surface area contributed by atoms with Gasteiger partial charge in [-0.05, 0) is 0 Å². The third kappa shape index (κ3) is 551. The molecule has 0 saturated heterocycles. The van der Waals surface area contributed by atoms with Crippen LogP contribution in [0.4, 0.5) is 0 Å². The second-order valence-electron chi connectivity index (χ2n) is 0.224. The first-order valence-electron chi connectivity index (χ1n) is 0.548. The number of nitrogens with zero attached hydrogens (tertiary/aromatic N) is 1. The van der Waals surface area contributed by atoms with Crippen LogP contribution < -0.4 is 0 Å². The summed E-state index contributed by atoms with van der Waals surface area (Å²) in [5.41, 5.74) is 0. The molecule has 0 fully saturated rings. The first-order valence-corrected chi connectivity index (χ1v) is 0.548. The molecule has 0 aliphatic carbocycles. The van der Waals surface area contributed by atoms with Crippen LogP contribution in [0.25, 0.3) is 0 Å². The van der Waals surface area contributed by atoms with Crippen molar-refractivity contribution in [3.63, 3.8) is 0 Å². The molecular weight excluding hydrogens is 202 g/mol. The fourth-order valence-corrected chi connectivity index (χ4v) is 0. The topological polar surface area (TPSA) is 66.2 Å². The summed E-state index contributed by atoms with van der Waals surface area (Å²) in [5, 5.41) is 14.8. The summed E-state index contributed by atoms with van der Waals surface area (Å²) >= 11 is 0. The minimum Gasteiger partial charge on any atom is -0.356 e. The maximum atomic E-state index is 8.25. The van der Waals surface area contributed by atoms with E-state index in [0.717, 1.165) is 0 Å². The Balaban J connectivity index is -0.0000000450. The number of rotatable bonds is 0. The van der Waals surface area contributed by atoms with E-state index in [1.54, 1.807) is 0 Å². The van der Waals surface area contributed by atoms with Gasteiger partial charge in [-0.3, -0.25) is 0 Å². The standard InChI is InChI=1S/Ag.NO3.H2S/c;2-1(3)4;/h;;1H2/q+1;-1;. The first kappa shape index (κ1) is 16.3. The Kier molecular flexibility index (Phi) is 24.4. The minimum atomic E-state index is -1.75. The first-order chi connectivity index (χ1) is 1.73. The van der Waals surface area contributed by atoms with E-state index in [2.05, 4.69) is 0 Å². The molecule has 0 rings (SSSR count). The average Bonchev–Trinajstić information content (AvgIpc) is 0.811. The summed E-state index contributed by atoms with van der Waals surface area (Å²) < 4.78 is 0. The van der Waals surface area contributed by atoms with Crippen molar-refractivity contribution in [3.8, 4) is 0 Å². The normalized spacial score (nSPS) is 4.00. The predicted octanol–water partition coefficient (Wildman–Crippen LogP) is -0.129. The monoisotopic (exact) mass is 203 g/mol. The Hall–Kier alpha value is 0.290. The van der Waals surface area contributed by atoms with Crippen molar-refractivity contribution in [2.24, 2.45) is 0 Å². The van der Waals surface area contributed by atoms with Crippen LogP contribution >= 0.6 is 13.5 Å². The van der Waals surface area contributed by atoms with E-state index in [1.165, 1.54) is 0 Å². The summed E-state index contributed by atoms with van der Waals surface area (Å²) in [6.45, 7) is 0. The summed E-state index contributed by atoms with van der Waals surface area (Å²) in [5.74, 6) is 0. The minimum absolute atomic E-state index is 0. The maximum absolute atomic E-state index is 8.25. The van der Waals surface area contributed by atoms with E-state index in [4.69, 9.17) is 15.3 Å². The van der Waals surface area contributed by atoms with Crippen LogP contribution in [0.3, 0.4) is 0 Å². The molecule has 0 unspecified atom stereocenters. The van der Waals surface area contributed by atoms with Crippen LogP contribution in [-0.2, 0) is 22.4 Å². The molecule has 0 N–H and O–H groups in total. The van der Waals surface area contributed by atoms with E-state index >= 15 is 0 Å². The van der Waals surface area contributed by atoms with Crippen LogP contribution in [0, 0.1) is 15.3 Å². The number of hydrogen-bond donors (Lipinski definition) is 0. The van der Waals surface area contributed by atoms with Crippen molar-refractivity contribution in [1.29, 1.82) is 0 Å². The molecule has 0 aromatic heterocycles. The molecule has 0 aliphatic rings. The van der Waals surface area contributed by atoms with Gasteiger partial charge >= 0.3 is 22.4 Å². The SMILES string of the molecule is O=[N+]([O-])[O-].S.[Ag+]. The van der Waals surface area contributed by atoms with Crippen molar-refractivity contribution in [2.75, 3.05) is 0 Å². The molecule has 0 spiro atoms. The zero-order valence-corrected chi connectivity index (χ0v) is 4.96. The third-order valence-corrected chi connectivity index (χ3v) is 0. The van der Waals surface area contributed by atoms with Gasteiger partial charge in [0.15, 0.2) is 0 Å². The summed E-state index contributed by atoms with van der Waals surface area (Å²) in [6, 6.07) is 0. The summed E-state index contributed by atoms with van der Waals surface area (Å²) in [4.78, 5) is 8.25. The van der Waals surface area contributed by atoms with Gasteiger partial charge in [-0.1, -0.05) is 0 Å². The molecule has 0 aliphatic heterocycles. The van der Waals surface area contributed by atoms with E-state index in [-0.39, 0.29) is 35.9 Å². The smallest absolute Gasteiger partial charge is 0.356 e. The Morgan fingerprint density at radius 3 is 1.33 bits per heavy atom. The molecule has 0 aromatic rings. The van der Waals surface area contributed by atoms with Crippen molar-refractivity contribution < 1.29 is 27.5 Å². The third-order valence-electron chi connectivity index (χ3n) is 0. The molecule has 6 heteroatoms. The van der Waals surface area contributed by atoms with Crippen molar-refractivity contribution in [2.45, 2.75) is 0 Å². The molecular formula is H2AgNO3S. The van der Waals surface area contributed by atoms with Gasteiger partial charge in [0.2, 0.25) is 0 Å². The molecule has 0 atom stereocenters. The van der Waals surface area contributed by atoms with Gasteiger partial charge in [0, 0.05) is 0 Å². The van der Waals surface area contributed by atoms with E-state index in [9.17, 15) is 0 Å². The van der Waals surface area contributed by atoms with Gasteiger partial charge in [-0.25, -0.2) is 0 Å². The molecule has 0 saturated carbocycles. The second-order valence-corrected chi connectivity index (χ2v) is 0.224. The molecule has 4 nitrogen and oxygen atoms in total. The molecule has 0 aromatic carbocycles. The Labute approximate surface area is 56.6 Å². The molecule has 0 amide bonds. The van der Waals surface area contributed by atoms with Gasteiger partial charge < -0.3 is 15.3 Å². The van der Waals surface area contributed by atoms with Gasteiger partial charge in [-0.2, -0.15) is 13.5 Å². The van der Waals surface area contributed by atoms with E-state index in [1.807, 2.05) is 0 Å². The Morgan fingerprint density at radius 1 is 1.33 bits per heavy atom. The maximum Gasteiger partial charge on any atom is 1.00 e. The summed E-state index contributed by atoms with van der Waals surface area (Å²) in [7, 11) is 0. The van der Waals surface area contributed by atoms with Crippen LogP contribution in [0.1, 0.15) is 0 Å². The van der Waals surface area contributed by atoms with Gasteiger partial charge in [0.05, 0.1) is 5.09 Å².